The maximum atomic E-state index is 12.0. The molecular formula is C20H21N3O2S2. The van der Waals surface area contributed by atoms with Gasteiger partial charge in [0, 0.05) is 17.7 Å². The summed E-state index contributed by atoms with van der Waals surface area (Å²) in [6, 6.07) is 15.4. The standard InChI is InChI=1S/C20H21N3O2S2/c1-2-14-9-11-15(12-10-14)19(25)23-22-18(24)8-5-13-26-20-21-16-6-3-4-7-17(16)27-20/h3-4,6-7,9-12H,2,5,8,13H2,1H3,(H,22,24)(H,23,25). The zero-order chi connectivity index (χ0) is 19.1. The third kappa shape index (κ3) is 5.55. The van der Waals surface area contributed by atoms with Crippen LogP contribution in [0.25, 0.3) is 10.2 Å². The molecule has 0 atom stereocenters. The Labute approximate surface area is 166 Å². The van der Waals surface area contributed by atoms with Crippen molar-refractivity contribution in [2.24, 2.45) is 0 Å². The molecule has 3 rings (SSSR count). The molecular weight excluding hydrogens is 378 g/mol. The van der Waals surface area contributed by atoms with Crippen molar-refractivity contribution in [1.82, 2.24) is 15.8 Å². The van der Waals surface area contributed by atoms with Crippen LogP contribution in [0, 0.1) is 0 Å². The lowest BCUT2D eigenvalue weighted by Gasteiger charge is -2.07. The van der Waals surface area contributed by atoms with Crippen LogP contribution in [0.5, 0.6) is 0 Å². The van der Waals surface area contributed by atoms with Gasteiger partial charge in [-0.1, -0.05) is 43.0 Å². The molecule has 0 spiro atoms. The van der Waals surface area contributed by atoms with Crippen molar-refractivity contribution in [3.05, 3.63) is 59.7 Å². The maximum Gasteiger partial charge on any atom is 0.269 e. The van der Waals surface area contributed by atoms with E-state index in [-0.39, 0.29) is 11.8 Å². The van der Waals surface area contributed by atoms with Gasteiger partial charge in [0.05, 0.1) is 10.2 Å². The lowest BCUT2D eigenvalue weighted by molar-refractivity contribution is -0.121. The normalized spacial score (nSPS) is 10.7. The molecule has 0 aliphatic carbocycles. The van der Waals surface area contributed by atoms with Crippen molar-refractivity contribution in [1.29, 1.82) is 0 Å². The molecule has 2 N–H and O–H groups in total. The molecule has 0 unspecified atom stereocenters. The van der Waals surface area contributed by atoms with Gasteiger partial charge in [-0.15, -0.1) is 11.3 Å². The number of para-hydroxylation sites is 1. The number of aryl methyl sites for hydroxylation is 1. The van der Waals surface area contributed by atoms with Gasteiger partial charge in [-0.3, -0.25) is 20.4 Å². The summed E-state index contributed by atoms with van der Waals surface area (Å²) in [5.41, 5.74) is 7.63. The van der Waals surface area contributed by atoms with E-state index in [0.29, 0.717) is 18.4 Å². The van der Waals surface area contributed by atoms with E-state index in [1.807, 2.05) is 30.3 Å². The number of carbonyl (C=O) groups excluding carboxylic acids is 2. The number of hydrazine groups is 1. The number of thiazole rings is 1. The topological polar surface area (TPSA) is 71.1 Å². The summed E-state index contributed by atoms with van der Waals surface area (Å²) >= 11 is 3.32. The predicted molar refractivity (Wildman–Crippen MR) is 111 cm³/mol. The summed E-state index contributed by atoms with van der Waals surface area (Å²) in [7, 11) is 0. The van der Waals surface area contributed by atoms with Crippen LogP contribution < -0.4 is 10.9 Å². The summed E-state index contributed by atoms with van der Waals surface area (Å²) in [5, 5.41) is 0. The fourth-order valence-electron chi connectivity index (χ4n) is 2.46. The van der Waals surface area contributed by atoms with Gasteiger partial charge >= 0.3 is 0 Å². The van der Waals surface area contributed by atoms with Crippen molar-refractivity contribution < 1.29 is 9.59 Å². The average Bonchev–Trinajstić information content (AvgIpc) is 3.12. The first-order valence-corrected chi connectivity index (χ1v) is 10.6. The predicted octanol–water partition coefficient (Wildman–Crippen LogP) is 4.19. The highest BCUT2D eigenvalue weighted by Crippen LogP contribution is 2.29. The smallest absolute Gasteiger partial charge is 0.269 e. The summed E-state index contributed by atoms with van der Waals surface area (Å²) in [6.45, 7) is 2.06. The Kier molecular flexibility index (Phi) is 6.84. The van der Waals surface area contributed by atoms with Crippen molar-refractivity contribution in [2.75, 3.05) is 5.75 Å². The summed E-state index contributed by atoms with van der Waals surface area (Å²) < 4.78 is 2.19. The van der Waals surface area contributed by atoms with Gasteiger partial charge in [0.1, 0.15) is 0 Å². The van der Waals surface area contributed by atoms with Gasteiger partial charge in [0.25, 0.3) is 5.91 Å². The number of carbonyl (C=O) groups is 2. The number of benzene rings is 2. The van der Waals surface area contributed by atoms with Crippen molar-refractivity contribution in [3.8, 4) is 0 Å². The maximum absolute atomic E-state index is 12.0. The van der Waals surface area contributed by atoms with Crippen LogP contribution in [0.4, 0.5) is 0 Å². The highest BCUT2D eigenvalue weighted by molar-refractivity contribution is 8.01. The number of hydrogen-bond donors (Lipinski definition) is 2. The molecule has 0 radical (unpaired) electrons. The van der Waals surface area contributed by atoms with Crippen LogP contribution in [0.15, 0.2) is 52.9 Å². The molecule has 2 aromatic carbocycles. The number of nitrogens with zero attached hydrogens (tertiary/aromatic N) is 1. The number of rotatable bonds is 7. The van der Waals surface area contributed by atoms with Gasteiger partial charge in [0.15, 0.2) is 4.34 Å². The molecule has 5 nitrogen and oxygen atoms in total. The van der Waals surface area contributed by atoms with E-state index in [2.05, 4.69) is 28.8 Å². The molecule has 0 aliphatic rings. The Morgan fingerprint density at radius 1 is 1.07 bits per heavy atom. The van der Waals surface area contributed by atoms with E-state index in [4.69, 9.17) is 0 Å². The van der Waals surface area contributed by atoms with Crippen molar-refractivity contribution >= 4 is 45.1 Å². The first kappa shape index (κ1) is 19.4. The molecule has 0 fully saturated rings. The number of hydrogen-bond acceptors (Lipinski definition) is 5. The quantitative estimate of drug-likeness (QED) is 0.355. The Morgan fingerprint density at radius 3 is 2.59 bits per heavy atom. The first-order chi connectivity index (χ1) is 13.2. The number of nitrogens with one attached hydrogen (secondary N) is 2. The molecule has 0 saturated heterocycles. The fourth-order valence-corrected chi connectivity index (χ4v) is 4.54. The Morgan fingerprint density at radius 2 is 1.85 bits per heavy atom. The SMILES string of the molecule is CCc1ccc(C(=O)NNC(=O)CCCSc2nc3ccccc3s2)cc1. The fraction of sp³-hybridized carbons (Fsp3) is 0.250. The number of amides is 2. The second-order valence-electron chi connectivity index (χ2n) is 5.95. The van der Waals surface area contributed by atoms with Gasteiger partial charge in [-0.2, -0.15) is 0 Å². The van der Waals surface area contributed by atoms with E-state index in [1.54, 1.807) is 35.2 Å². The number of aromatic nitrogens is 1. The molecule has 0 aliphatic heterocycles. The third-order valence-corrected chi connectivity index (χ3v) is 6.25. The Hall–Kier alpha value is -2.38. The van der Waals surface area contributed by atoms with Crippen LogP contribution in [-0.2, 0) is 11.2 Å². The molecule has 1 aromatic heterocycles. The van der Waals surface area contributed by atoms with Gasteiger partial charge in [0.2, 0.25) is 5.91 Å². The monoisotopic (exact) mass is 399 g/mol. The highest BCUT2D eigenvalue weighted by atomic mass is 32.2. The summed E-state index contributed by atoms with van der Waals surface area (Å²) in [5.74, 6) is 0.299. The molecule has 1 heterocycles. The summed E-state index contributed by atoms with van der Waals surface area (Å²) in [6.07, 6.45) is 1.99. The molecule has 0 bridgehead atoms. The lowest BCUT2D eigenvalue weighted by Crippen LogP contribution is -2.41. The van der Waals surface area contributed by atoms with E-state index in [1.165, 1.54) is 10.3 Å². The van der Waals surface area contributed by atoms with E-state index >= 15 is 0 Å². The second-order valence-corrected chi connectivity index (χ2v) is 8.32. The first-order valence-electron chi connectivity index (χ1n) is 8.82. The minimum absolute atomic E-state index is 0.196. The zero-order valence-corrected chi connectivity index (χ0v) is 16.7. The number of thioether (sulfide) groups is 1. The lowest BCUT2D eigenvalue weighted by atomic mass is 10.1. The molecule has 7 heteroatoms. The van der Waals surface area contributed by atoms with Crippen LogP contribution in [0.2, 0.25) is 0 Å². The third-order valence-electron chi connectivity index (χ3n) is 3.99. The van der Waals surface area contributed by atoms with Crippen LogP contribution in [0.3, 0.4) is 0 Å². The Balaban J connectivity index is 1.36. The minimum Gasteiger partial charge on any atom is -0.273 e. The number of fused-ring (bicyclic) bond motifs is 1. The van der Waals surface area contributed by atoms with Crippen LogP contribution in [-0.4, -0.2) is 22.6 Å². The molecule has 0 saturated carbocycles. The Bertz CT molecular complexity index is 889. The zero-order valence-electron chi connectivity index (χ0n) is 15.0. The van der Waals surface area contributed by atoms with Gasteiger partial charge < -0.3 is 0 Å². The van der Waals surface area contributed by atoms with Gasteiger partial charge in [-0.25, -0.2) is 4.98 Å². The van der Waals surface area contributed by atoms with Gasteiger partial charge in [-0.05, 0) is 42.7 Å². The van der Waals surface area contributed by atoms with E-state index in [9.17, 15) is 9.59 Å². The molecule has 3 aromatic rings. The largest absolute Gasteiger partial charge is 0.273 e. The molecule has 2 amide bonds. The van der Waals surface area contributed by atoms with Crippen LogP contribution >= 0.6 is 23.1 Å². The summed E-state index contributed by atoms with van der Waals surface area (Å²) in [4.78, 5) is 28.5. The molecule has 140 valence electrons. The van der Waals surface area contributed by atoms with E-state index < -0.39 is 0 Å². The van der Waals surface area contributed by atoms with Crippen molar-refractivity contribution in [2.45, 2.75) is 30.5 Å². The van der Waals surface area contributed by atoms with E-state index in [0.717, 1.165) is 22.0 Å². The average molecular weight is 400 g/mol. The minimum atomic E-state index is -0.310. The molecule has 27 heavy (non-hydrogen) atoms. The second kappa shape index (κ2) is 9.53. The van der Waals surface area contributed by atoms with Crippen LogP contribution in [0.1, 0.15) is 35.7 Å². The highest BCUT2D eigenvalue weighted by Gasteiger charge is 2.08. The van der Waals surface area contributed by atoms with Crippen molar-refractivity contribution in [3.63, 3.8) is 0 Å².